The molecule has 1 aromatic carbocycles. The monoisotopic (exact) mass is 245 g/mol. The second-order valence-corrected chi connectivity index (χ2v) is 4.21. The predicted molar refractivity (Wildman–Crippen MR) is 70.6 cm³/mol. The molecule has 94 valence electrons. The number of hydrogen-bond donors (Lipinski definition) is 1. The van der Waals surface area contributed by atoms with Crippen LogP contribution in [0.2, 0.25) is 0 Å². The third kappa shape index (κ3) is 3.05. The van der Waals surface area contributed by atoms with Crippen LogP contribution in [0.15, 0.2) is 42.6 Å². The standard InChI is InChI=1S/C14H16FN3/c1-18(10-11-2-4-13(15)5-3-11)14-8-12(9-16)6-7-17-14/h2-8H,9-10,16H2,1H3. The second kappa shape index (κ2) is 5.60. The minimum Gasteiger partial charge on any atom is -0.355 e. The number of aromatic nitrogens is 1. The second-order valence-electron chi connectivity index (χ2n) is 4.21. The number of hydrogen-bond acceptors (Lipinski definition) is 3. The molecule has 0 atom stereocenters. The Morgan fingerprint density at radius 1 is 1.17 bits per heavy atom. The molecule has 0 saturated heterocycles. The van der Waals surface area contributed by atoms with E-state index < -0.39 is 0 Å². The van der Waals surface area contributed by atoms with Gasteiger partial charge in [-0.25, -0.2) is 9.37 Å². The van der Waals surface area contributed by atoms with Gasteiger partial charge in [0.2, 0.25) is 0 Å². The smallest absolute Gasteiger partial charge is 0.128 e. The molecule has 4 heteroatoms. The van der Waals surface area contributed by atoms with E-state index in [0.717, 1.165) is 16.9 Å². The largest absolute Gasteiger partial charge is 0.355 e. The van der Waals surface area contributed by atoms with E-state index in [9.17, 15) is 4.39 Å². The van der Waals surface area contributed by atoms with Crippen molar-refractivity contribution in [2.45, 2.75) is 13.1 Å². The predicted octanol–water partition coefficient (Wildman–Crippen LogP) is 2.32. The fourth-order valence-electron chi connectivity index (χ4n) is 1.74. The van der Waals surface area contributed by atoms with Crippen molar-refractivity contribution in [3.05, 3.63) is 59.5 Å². The number of anilines is 1. The molecular weight excluding hydrogens is 229 g/mol. The molecule has 0 aliphatic carbocycles. The molecule has 0 spiro atoms. The lowest BCUT2D eigenvalue weighted by Gasteiger charge is -2.18. The van der Waals surface area contributed by atoms with Crippen molar-refractivity contribution >= 4 is 5.82 Å². The summed E-state index contributed by atoms with van der Waals surface area (Å²) in [6.45, 7) is 1.18. The number of pyridine rings is 1. The summed E-state index contributed by atoms with van der Waals surface area (Å²) in [6.07, 6.45) is 1.75. The molecule has 0 radical (unpaired) electrons. The summed E-state index contributed by atoms with van der Waals surface area (Å²) < 4.78 is 12.8. The summed E-state index contributed by atoms with van der Waals surface area (Å²) in [7, 11) is 1.95. The quantitative estimate of drug-likeness (QED) is 0.898. The van der Waals surface area contributed by atoms with E-state index in [1.807, 2.05) is 24.1 Å². The maximum absolute atomic E-state index is 12.8. The lowest BCUT2D eigenvalue weighted by Crippen LogP contribution is -2.18. The molecule has 2 aromatic rings. The van der Waals surface area contributed by atoms with Gasteiger partial charge in [0.25, 0.3) is 0 Å². The Labute approximate surface area is 106 Å². The van der Waals surface area contributed by atoms with Crippen LogP contribution >= 0.6 is 0 Å². The molecule has 0 aliphatic heterocycles. The van der Waals surface area contributed by atoms with Crippen molar-refractivity contribution in [2.75, 3.05) is 11.9 Å². The van der Waals surface area contributed by atoms with Gasteiger partial charge in [-0.2, -0.15) is 0 Å². The first kappa shape index (κ1) is 12.5. The first-order valence-electron chi connectivity index (χ1n) is 5.79. The Kier molecular flexibility index (Phi) is 3.89. The molecular formula is C14H16FN3. The average Bonchev–Trinajstić information content (AvgIpc) is 2.41. The topological polar surface area (TPSA) is 42.1 Å². The first-order valence-corrected chi connectivity index (χ1v) is 5.79. The Hall–Kier alpha value is -1.94. The Balaban J connectivity index is 2.11. The minimum absolute atomic E-state index is 0.218. The number of rotatable bonds is 4. The Morgan fingerprint density at radius 3 is 2.56 bits per heavy atom. The molecule has 0 aliphatic rings. The van der Waals surface area contributed by atoms with Crippen molar-refractivity contribution < 1.29 is 4.39 Å². The van der Waals surface area contributed by atoms with E-state index >= 15 is 0 Å². The van der Waals surface area contributed by atoms with Crippen molar-refractivity contribution in [3.8, 4) is 0 Å². The third-order valence-electron chi connectivity index (χ3n) is 2.77. The van der Waals surface area contributed by atoms with Crippen molar-refractivity contribution in [3.63, 3.8) is 0 Å². The van der Waals surface area contributed by atoms with Crippen LogP contribution in [0.1, 0.15) is 11.1 Å². The minimum atomic E-state index is -0.218. The van der Waals surface area contributed by atoms with Crippen molar-refractivity contribution in [1.82, 2.24) is 4.98 Å². The highest BCUT2D eigenvalue weighted by Crippen LogP contribution is 2.14. The van der Waals surface area contributed by atoms with Crippen LogP contribution in [0.5, 0.6) is 0 Å². The summed E-state index contributed by atoms with van der Waals surface area (Å²) in [5, 5.41) is 0. The van der Waals surface area contributed by atoms with Gasteiger partial charge in [-0.1, -0.05) is 12.1 Å². The number of halogens is 1. The molecule has 1 heterocycles. The summed E-state index contributed by atoms with van der Waals surface area (Å²) in [4.78, 5) is 6.30. The number of nitrogens with two attached hydrogens (primary N) is 1. The lowest BCUT2D eigenvalue weighted by molar-refractivity contribution is 0.627. The molecule has 1 aromatic heterocycles. The third-order valence-corrected chi connectivity index (χ3v) is 2.77. The zero-order valence-corrected chi connectivity index (χ0v) is 10.3. The number of benzene rings is 1. The van der Waals surface area contributed by atoms with E-state index in [1.165, 1.54) is 12.1 Å². The van der Waals surface area contributed by atoms with Gasteiger partial charge in [-0.05, 0) is 35.4 Å². The van der Waals surface area contributed by atoms with Crippen molar-refractivity contribution in [1.29, 1.82) is 0 Å². The molecule has 0 saturated carbocycles. The van der Waals surface area contributed by atoms with Crippen molar-refractivity contribution in [2.24, 2.45) is 5.73 Å². The van der Waals surface area contributed by atoms with Gasteiger partial charge in [0.1, 0.15) is 11.6 Å². The highest BCUT2D eigenvalue weighted by atomic mass is 19.1. The van der Waals surface area contributed by atoms with Gasteiger partial charge in [0.15, 0.2) is 0 Å². The molecule has 18 heavy (non-hydrogen) atoms. The van der Waals surface area contributed by atoms with Gasteiger partial charge in [-0.3, -0.25) is 0 Å². The first-order chi connectivity index (χ1) is 8.69. The van der Waals surface area contributed by atoms with Crippen LogP contribution in [0.3, 0.4) is 0 Å². The fraction of sp³-hybridized carbons (Fsp3) is 0.214. The normalized spacial score (nSPS) is 10.4. The summed E-state index contributed by atoms with van der Waals surface area (Å²) in [5.41, 5.74) is 7.69. The molecule has 2 N–H and O–H groups in total. The van der Waals surface area contributed by atoms with Crippen LogP contribution in [-0.4, -0.2) is 12.0 Å². The lowest BCUT2D eigenvalue weighted by atomic mass is 10.2. The van der Waals surface area contributed by atoms with Crippen LogP contribution in [0.4, 0.5) is 10.2 Å². The molecule has 0 amide bonds. The molecule has 0 bridgehead atoms. The van der Waals surface area contributed by atoms with E-state index in [4.69, 9.17) is 5.73 Å². The Bertz CT molecular complexity index is 511. The summed E-state index contributed by atoms with van der Waals surface area (Å²) in [6, 6.07) is 10.3. The van der Waals surface area contributed by atoms with Gasteiger partial charge in [-0.15, -0.1) is 0 Å². The van der Waals surface area contributed by atoms with E-state index in [1.54, 1.807) is 18.3 Å². The van der Waals surface area contributed by atoms with E-state index in [-0.39, 0.29) is 5.82 Å². The van der Waals surface area contributed by atoms with Crippen LogP contribution in [0, 0.1) is 5.82 Å². The van der Waals surface area contributed by atoms with E-state index in [0.29, 0.717) is 13.1 Å². The molecule has 0 fully saturated rings. The molecule has 0 unspecified atom stereocenters. The summed E-state index contributed by atoms with van der Waals surface area (Å²) in [5.74, 6) is 0.645. The highest BCUT2D eigenvalue weighted by molar-refractivity contribution is 5.41. The van der Waals surface area contributed by atoms with Gasteiger partial charge in [0, 0.05) is 26.3 Å². The Morgan fingerprint density at radius 2 is 1.89 bits per heavy atom. The molecule has 2 rings (SSSR count). The molecule has 3 nitrogen and oxygen atoms in total. The van der Waals surface area contributed by atoms with E-state index in [2.05, 4.69) is 4.98 Å². The van der Waals surface area contributed by atoms with Crippen LogP contribution < -0.4 is 10.6 Å². The van der Waals surface area contributed by atoms with Gasteiger partial charge >= 0.3 is 0 Å². The fourth-order valence-corrected chi connectivity index (χ4v) is 1.74. The zero-order valence-electron chi connectivity index (χ0n) is 10.3. The van der Waals surface area contributed by atoms with Gasteiger partial charge in [0.05, 0.1) is 0 Å². The average molecular weight is 245 g/mol. The van der Waals surface area contributed by atoms with Gasteiger partial charge < -0.3 is 10.6 Å². The van der Waals surface area contributed by atoms with Crippen LogP contribution in [0.25, 0.3) is 0 Å². The number of nitrogens with zero attached hydrogens (tertiary/aromatic N) is 2. The highest BCUT2D eigenvalue weighted by Gasteiger charge is 2.04. The summed E-state index contributed by atoms with van der Waals surface area (Å²) >= 11 is 0. The maximum atomic E-state index is 12.8. The zero-order chi connectivity index (χ0) is 13.0. The maximum Gasteiger partial charge on any atom is 0.128 e. The SMILES string of the molecule is CN(Cc1ccc(F)cc1)c1cc(CN)ccn1. The van der Waals surface area contributed by atoms with Crippen LogP contribution in [-0.2, 0) is 13.1 Å².